The second kappa shape index (κ2) is 9.04. The van der Waals surface area contributed by atoms with Crippen LogP contribution in [0.5, 0.6) is 0 Å². The van der Waals surface area contributed by atoms with Crippen molar-refractivity contribution in [1.29, 1.82) is 0 Å². The monoisotopic (exact) mass is 308 g/mol. The zero-order valence-electron chi connectivity index (χ0n) is 13.0. The molecule has 0 spiro atoms. The fourth-order valence-corrected chi connectivity index (χ4v) is 2.13. The number of nitrogens with zero attached hydrogens (tertiary/aromatic N) is 1. The third-order valence-corrected chi connectivity index (χ3v) is 3.47. The number of aliphatic hydroxyl groups excluding tert-OH is 1. The summed E-state index contributed by atoms with van der Waals surface area (Å²) in [6, 6.07) is 9.00. The number of benzene rings is 1. The van der Waals surface area contributed by atoms with E-state index in [9.17, 15) is 9.59 Å². The van der Waals surface area contributed by atoms with E-state index in [1.807, 2.05) is 30.3 Å². The number of hydrogen-bond acceptors (Lipinski definition) is 3. The normalized spacial score (nSPS) is 13.2. The largest absolute Gasteiger partial charge is 0.481 e. The molecule has 1 rings (SSSR count). The first kappa shape index (κ1) is 18.0. The Balaban J connectivity index is 2.68. The number of carboxylic acid groups (broad SMARTS) is 1. The topological polar surface area (TPSA) is 89.9 Å². The first-order chi connectivity index (χ1) is 10.5. The molecule has 2 amide bonds. The molecule has 1 aromatic rings. The molecule has 0 aromatic heterocycles. The average Bonchev–Trinajstić information content (AvgIpc) is 2.51. The summed E-state index contributed by atoms with van der Waals surface area (Å²) >= 11 is 0. The number of carboxylic acids is 1. The van der Waals surface area contributed by atoms with Gasteiger partial charge in [-0.25, -0.2) is 4.79 Å². The van der Waals surface area contributed by atoms with Crippen molar-refractivity contribution in [2.75, 3.05) is 20.2 Å². The lowest BCUT2D eigenvalue weighted by molar-refractivity contribution is -0.141. The van der Waals surface area contributed by atoms with E-state index in [4.69, 9.17) is 10.2 Å². The number of aliphatic hydroxyl groups is 1. The van der Waals surface area contributed by atoms with Crippen molar-refractivity contribution in [2.45, 2.75) is 25.8 Å². The molecule has 1 aromatic carbocycles. The van der Waals surface area contributed by atoms with E-state index >= 15 is 0 Å². The molecule has 6 nitrogen and oxygen atoms in total. The molecule has 2 atom stereocenters. The quantitative estimate of drug-likeness (QED) is 0.684. The zero-order valence-corrected chi connectivity index (χ0v) is 13.0. The third kappa shape index (κ3) is 5.73. The van der Waals surface area contributed by atoms with Crippen molar-refractivity contribution < 1.29 is 19.8 Å². The van der Waals surface area contributed by atoms with Gasteiger partial charge in [0, 0.05) is 20.2 Å². The summed E-state index contributed by atoms with van der Waals surface area (Å²) in [7, 11) is 1.57. The van der Waals surface area contributed by atoms with E-state index in [0.29, 0.717) is 12.8 Å². The highest BCUT2D eigenvalue weighted by Crippen LogP contribution is 2.18. The van der Waals surface area contributed by atoms with Crippen LogP contribution in [-0.4, -0.2) is 47.3 Å². The standard InChI is InChI=1S/C16H24N2O4/c1-12(15(20)21)11-18(2)16(22)17-14(9-6-10-19)13-7-4-3-5-8-13/h3-5,7-8,12,14,19H,6,9-11H2,1-2H3,(H,17,22)(H,20,21). The number of carbonyl (C=O) groups excluding carboxylic acids is 1. The lowest BCUT2D eigenvalue weighted by atomic mass is 10.0. The van der Waals surface area contributed by atoms with Crippen LogP contribution in [0.2, 0.25) is 0 Å². The Kier molecular flexibility index (Phi) is 7.39. The molecular weight excluding hydrogens is 284 g/mol. The van der Waals surface area contributed by atoms with Gasteiger partial charge in [0.2, 0.25) is 0 Å². The fraction of sp³-hybridized carbons (Fsp3) is 0.500. The van der Waals surface area contributed by atoms with Crippen LogP contribution in [0.25, 0.3) is 0 Å². The van der Waals surface area contributed by atoms with E-state index in [2.05, 4.69) is 5.32 Å². The van der Waals surface area contributed by atoms with Gasteiger partial charge in [0.1, 0.15) is 0 Å². The molecule has 6 heteroatoms. The molecule has 0 aliphatic heterocycles. The Labute approximate surface area is 130 Å². The molecular formula is C16H24N2O4. The minimum atomic E-state index is -0.931. The van der Waals surface area contributed by atoms with Crippen LogP contribution in [0.1, 0.15) is 31.4 Å². The van der Waals surface area contributed by atoms with E-state index in [-0.39, 0.29) is 25.2 Å². The van der Waals surface area contributed by atoms with Crippen LogP contribution in [0.15, 0.2) is 30.3 Å². The van der Waals surface area contributed by atoms with Gasteiger partial charge >= 0.3 is 12.0 Å². The van der Waals surface area contributed by atoms with E-state index in [0.717, 1.165) is 5.56 Å². The van der Waals surface area contributed by atoms with Gasteiger partial charge in [0.15, 0.2) is 0 Å². The predicted molar refractivity (Wildman–Crippen MR) is 83.5 cm³/mol. The second-order valence-corrected chi connectivity index (χ2v) is 5.40. The summed E-state index contributed by atoms with van der Waals surface area (Å²) in [5.74, 6) is -1.55. The van der Waals surface area contributed by atoms with Gasteiger partial charge < -0.3 is 20.4 Å². The van der Waals surface area contributed by atoms with Crippen LogP contribution in [0, 0.1) is 5.92 Å². The third-order valence-electron chi connectivity index (χ3n) is 3.47. The molecule has 2 unspecified atom stereocenters. The molecule has 0 aliphatic carbocycles. The van der Waals surface area contributed by atoms with Crippen LogP contribution < -0.4 is 5.32 Å². The summed E-state index contributed by atoms with van der Waals surface area (Å²) in [5.41, 5.74) is 0.962. The van der Waals surface area contributed by atoms with Crippen molar-refractivity contribution in [1.82, 2.24) is 10.2 Å². The lowest BCUT2D eigenvalue weighted by Gasteiger charge is -2.25. The van der Waals surface area contributed by atoms with Crippen molar-refractivity contribution in [2.24, 2.45) is 5.92 Å². The zero-order chi connectivity index (χ0) is 16.5. The Bertz CT molecular complexity index is 478. The summed E-state index contributed by atoms with van der Waals surface area (Å²) in [4.78, 5) is 24.4. The molecule has 0 aliphatic rings. The first-order valence-electron chi connectivity index (χ1n) is 7.36. The molecule has 0 heterocycles. The van der Waals surface area contributed by atoms with Crippen molar-refractivity contribution >= 4 is 12.0 Å². The van der Waals surface area contributed by atoms with Crippen LogP contribution in [0.4, 0.5) is 4.79 Å². The lowest BCUT2D eigenvalue weighted by Crippen LogP contribution is -2.42. The predicted octanol–water partition coefficient (Wildman–Crippen LogP) is 1.86. The summed E-state index contributed by atoms with van der Waals surface area (Å²) in [5, 5.41) is 20.8. The second-order valence-electron chi connectivity index (χ2n) is 5.40. The molecule has 0 bridgehead atoms. The van der Waals surface area contributed by atoms with Gasteiger partial charge in [-0.1, -0.05) is 37.3 Å². The van der Waals surface area contributed by atoms with Crippen LogP contribution >= 0.6 is 0 Å². The van der Waals surface area contributed by atoms with Crippen molar-refractivity contribution in [3.8, 4) is 0 Å². The molecule has 0 radical (unpaired) electrons. The Morgan fingerprint density at radius 2 is 1.91 bits per heavy atom. The van der Waals surface area contributed by atoms with Gasteiger partial charge in [-0.15, -0.1) is 0 Å². The number of urea groups is 1. The minimum Gasteiger partial charge on any atom is -0.481 e. The molecule has 0 saturated carbocycles. The minimum absolute atomic E-state index is 0.0606. The van der Waals surface area contributed by atoms with Gasteiger partial charge in [-0.05, 0) is 18.4 Å². The average molecular weight is 308 g/mol. The number of nitrogens with one attached hydrogen (secondary N) is 1. The molecule has 0 saturated heterocycles. The first-order valence-corrected chi connectivity index (χ1v) is 7.36. The Morgan fingerprint density at radius 3 is 2.45 bits per heavy atom. The van der Waals surface area contributed by atoms with Crippen molar-refractivity contribution in [3.63, 3.8) is 0 Å². The molecule has 122 valence electrons. The summed E-state index contributed by atoms with van der Waals surface area (Å²) in [6.45, 7) is 1.76. The summed E-state index contributed by atoms with van der Waals surface area (Å²) < 4.78 is 0. The fourth-order valence-electron chi connectivity index (χ4n) is 2.13. The van der Waals surface area contributed by atoms with Gasteiger partial charge in [-0.3, -0.25) is 4.79 Å². The van der Waals surface area contributed by atoms with Gasteiger partial charge in [0.05, 0.1) is 12.0 Å². The van der Waals surface area contributed by atoms with Crippen molar-refractivity contribution in [3.05, 3.63) is 35.9 Å². The number of aliphatic carboxylic acids is 1. The molecule has 0 fully saturated rings. The van der Waals surface area contributed by atoms with Crippen LogP contribution in [-0.2, 0) is 4.79 Å². The maximum atomic E-state index is 12.2. The molecule has 22 heavy (non-hydrogen) atoms. The van der Waals surface area contributed by atoms with Gasteiger partial charge in [-0.2, -0.15) is 0 Å². The molecule has 3 N–H and O–H groups in total. The van der Waals surface area contributed by atoms with E-state index < -0.39 is 11.9 Å². The number of carbonyl (C=O) groups is 2. The highest BCUT2D eigenvalue weighted by atomic mass is 16.4. The SMILES string of the molecule is CC(CN(C)C(=O)NC(CCCO)c1ccccc1)C(=O)O. The number of amides is 2. The van der Waals surface area contributed by atoms with Crippen LogP contribution in [0.3, 0.4) is 0 Å². The number of hydrogen-bond donors (Lipinski definition) is 3. The van der Waals surface area contributed by atoms with Gasteiger partial charge in [0.25, 0.3) is 0 Å². The smallest absolute Gasteiger partial charge is 0.317 e. The Hall–Kier alpha value is -2.08. The summed E-state index contributed by atoms with van der Waals surface area (Å²) in [6.07, 6.45) is 1.20. The maximum Gasteiger partial charge on any atom is 0.317 e. The maximum absolute atomic E-state index is 12.2. The van der Waals surface area contributed by atoms with E-state index in [1.54, 1.807) is 14.0 Å². The Morgan fingerprint density at radius 1 is 1.27 bits per heavy atom. The highest BCUT2D eigenvalue weighted by Gasteiger charge is 2.20. The number of rotatable bonds is 8. The highest BCUT2D eigenvalue weighted by molar-refractivity contribution is 5.76. The van der Waals surface area contributed by atoms with E-state index in [1.165, 1.54) is 4.90 Å².